The maximum atomic E-state index is 12.9. The standard InChI is InChI=1S/C22H18F3N3O2/c1-28(13-14-6-3-2-4-7-14)19-12-17(11-18-20(19)27-30-26-18)15-8-5-9-16(10-15)21(29)22(23,24)25/h2-12,21,29H,13H2,1H3. The van der Waals surface area contributed by atoms with E-state index in [1.807, 2.05) is 48.3 Å². The van der Waals surface area contributed by atoms with E-state index in [-0.39, 0.29) is 5.56 Å². The quantitative estimate of drug-likeness (QED) is 0.492. The van der Waals surface area contributed by atoms with Gasteiger partial charge in [0, 0.05) is 13.6 Å². The number of alkyl halides is 3. The number of aliphatic hydroxyl groups is 1. The molecule has 0 saturated heterocycles. The van der Waals surface area contributed by atoms with Gasteiger partial charge in [0.15, 0.2) is 11.6 Å². The molecule has 0 radical (unpaired) electrons. The van der Waals surface area contributed by atoms with E-state index in [0.29, 0.717) is 28.7 Å². The second-order valence-corrected chi connectivity index (χ2v) is 7.04. The third-order valence-corrected chi connectivity index (χ3v) is 4.86. The molecule has 0 fully saturated rings. The molecule has 4 rings (SSSR count). The predicted octanol–water partition coefficient (Wildman–Crippen LogP) is 5.12. The first-order valence-electron chi connectivity index (χ1n) is 9.19. The Morgan fingerprint density at radius 2 is 1.73 bits per heavy atom. The van der Waals surface area contributed by atoms with E-state index in [9.17, 15) is 18.3 Å². The van der Waals surface area contributed by atoms with Gasteiger partial charge in [0.2, 0.25) is 0 Å². The molecule has 0 aliphatic heterocycles. The number of benzene rings is 3. The molecular weight excluding hydrogens is 395 g/mol. The van der Waals surface area contributed by atoms with Crippen molar-refractivity contribution in [2.24, 2.45) is 0 Å². The van der Waals surface area contributed by atoms with E-state index in [4.69, 9.17) is 4.63 Å². The summed E-state index contributed by atoms with van der Waals surface area (Å²) in [6, 6.07) is 19.1. The molecule has 0 bridgehead atoms. The number of rotatable bonds is 5. The molecule has 0 amide bonds. The molecule has 1 unspecified atom stereocenters. The summed E-state index contributed by atoms with van der Waals surface area (Å²) in [6.07, 6.45) is -7.28. The molecular formula is C22H18F3N3O2. The van der Waals surface area contributed by atoms with Gasteiger partial charge < -0.3 is 10.0 Å². The molecule has 1 heterocycles. The van der Waals surface area contributed by atoms with Gasteiger partial charge in [-0.1, -0.05) is 48.5 Å². The van der Waals surface area contributed by atoms with Gasteiger partial charge in [0.05, 0.1) is 5.69 Å². The highest BCUT2D eigenvalue weighted by atomic mass is 19.4. The van der Waals surface area contributed by atoms with Crippen LogP contribution in [0.5, 0.6) is 0 Å². The Hall–Kier alpha value is -3.39. The molecule has 8 heteroatoms. The zero-order valence-corrected chi connectivity index (χ0v) is 16.0. The van der Waals surface area contributed by atoms with Crippen LogP contribution in [-0.4, -0.2) is 28.6 Å². The maximum Gasteiger partial charge on any atom is 0.418 e. The van der Waals surface area contributed by atoms with Crippen molar-refractivity contribution in [3.8, 4) is 11.1 Å². The van der Waals surface area contributed by atoms with Crippen LogP contribution in [0.3, 0.4) is 0 Å². The first kappa shape index (κ1) is 19.9. The summed E-state index contributed by atoms with van der Waals surface area (Å²) >= 11 is 0. The molecule has 0 aliphatic rings. The maximum absolute atomic E-state index is 12.9. The van der Waals surface area contributed by atoms with Crippen LogP contribution in [0.4, 0.5) is 18.9 Å². The summed E-state index contributed by atoms with van der Waals surface area (Å²) in [5, 5.41) is 17.5. The van der Waals surface area contributed by atoms with Crippen molar-refractivity contribution in [3.63, 3.8) is 0 Å². The lowest BCUT2D eigenvalue weighted by Crippen LogP contribution is -2.20. The minimum absolute atomic E-state index is 0.224. The van der Waals surface area contributed by atoms with Gasteiger partial charge in [-0.05, 0) is 50.8 Å². The van der Waals surface area contributed by atoms with Crippen molar-refractivity contribution < 1.29 is 22.9 Å². The Bertz CT molecular complexity index is 1160. The first-order chi connectivity index (χ1) is 14.3. The zero-order valence-electron chi connectivity index (χ0n) is 16.0. The molecule has 1 N–H and O–H groups in total. The fourth-order valence-corrected chi connectivity index (χ4v) is 3.35. The SMILES string of the molecule is CN(Cc1ccccc1)c1cc(-c2cccc(C(O)C(F)(F)F)c2)cc2nonc12. The average Bonchev–Trinajstić information content (AvgIpc) is 3.21. The van der Waals surface area contributed by atoms with Gasteiger partial charge in [0.1, 0.15) is 5.52 Å². The van der Waals surface area contributed by atoms with Crippen LogP contribution >= 0.6 is 0 Å². The van der Waals surface area contributed by atoms with Gasteiger partial charge in [-0.25, -0.2) is 4.63 Å². The third kappa shape index (κ3) is 3.99. The molecule has 154 valence electrons. The molecule has 30 heavy (non-hydrogen) atoms. The number of nitrogens with zero attached hydrogens (tertiary/aromatic N) is 3. The minimum atomic E-state index is -4.74. The Balaban J connectivity index is 1.74. The Labute approximate surface area is 170 Å². The zero-order chi connectivity index (χ0) is 21.3. The van der Waals surface area contributed by atoms with Gasteiger partial charge in [0.25, 0.3) is 0 Å². The van der Waals surface area contributed by atoms with Crippen LogP contribution < -0.4 is 4.90 Å². The van der Waals surface area contributed by atoms with Crippen LogP contribution in [0.15, 0.2) is 71.4 Å². The lowest BCUT2D eigenvalue weighted by Gasteiger charge is -2.20. The molecule has 1 atom stereocenters. The second-order valence-electron chi connectivity index (χ2n) is 7.04. The molecule has 3 aromatic carbocycles. The van der Waals surface area contributed by atoms with Crippen molar-refractivity contribution >= 4 is 16.7 Å². The third-order valence-electron chi connectivity index (χ3n) is 4.86. The van der Waals surface area contributed by atoms with Crippen LogP contribution in [0.25, 0.3) is 22.2 Å². The normalized spacial score (nSPS) is 12.8. The Morgan fingerprint density at radius 3 is 2.47 bits per heavy atom. The number of aromatic nitrogens is 2. The largest absolute Gasteiger partial charge is 0.418 e. The van der Waals surface area contributed by atoms with Crippen LogP contribution in [0, 0.1) is 0 Å². The van der Waals surface area contributed by atoms with Crippen LogP contribution in [-0.2, 0) is 6.54 Å². The van der Waals surface area contributed by atoms with Crippen LogP contribution in [0.2, 0.25) is 0 Å². The molecule has 0 spiro atoms. The van der Waals surface area contributed by atoms with Gasteiger partial charge in [-0.3, -0.25) is 0 Å². The molecule has 5 nitrogen and oxygen atoms in total. The van der Waals surface area contributed by atoms with E-state index in [1.54, 1.807) is 12.1 Å². The molecule has 4 aromatic rings. The highest BCUT2D eigenvalue weighted by Gasteiger charge is 2.39. The minimum Gasteiger partial charge on any atom is -0.379 e. The lowest BCUT2D eigenvalue weighted by molar-refractivity contribution is -0.206. The summed E-state index contributed by atoms with van der Waals surface area (Å²) < 4.78 is 43.7. The smallest absolute Gasteiger partial charge is 0.379 e. The van der Waals surface area contributed by atoms with E-state index in [2.05, 4.69) is 10.3 Å². The summed E-state index contributed by atoms with van der Waals surface area (Å²) in [5.74, 6) is 0. The Kier molecular flexibility index (Phi) is 5.17. The predicted molar refractivity (Wildman–Crippen MR) is 107 cm³/mol. The van der Waals surface area contributed by atoms with Crippen molar-refractivity contribution in [1.29, 1.82) is 0 Å². The lowest BCUT2D eigenvalue weighted by atomic mass is 9.99. The highest BCUT2D eigenvalue weighted by molar-refractivity contribution is 5.92. The van der Waals surface area contributed by atoms with Crippen molar-refractivity contribution in [2.75, 3.05) is 11.9 Å². The number of hydrogen-bond donors (Lipinski definition) is 1. The summed E-state index contributed by atoms with van der Waals surface area (Å²) in [4.78, 5) is 1.97. The van der Waals surface area contributed by atoms with Crippen molar-refractivity contribution in [2.45, 2.75) is 18.8 Å². The van der Waals surface area contributed by atoms with Crippen LogP contribution in [0.1, 0.15) is 17.2 Å². The number of halogens is 3. The fraction of sp³-hybridized carbons (Fsp3) is 0.182. The topological polar surface area (TPSA) is 62.4 Å². The van der Waals surface area contributed by atoms with E-state index in [1.165, 1.54) is 18.2 Å². The molecule has 0 saturated carbocycles. The van der Waals surface area contributed by atoms with Crippen molar-refractivity contribution in [3.05, 3.63) is 77.9 Å². The summed E-state index contributed by atoms with van der Waals surface area (Å²) in [6.45, 7) is 0.596. The highest BCUT2D eigenvalue weighted by Crippen LogP contribution is 2.36. The van der Waals surface area contributed by atoms with E-state index < -0.39 is 12.3 Å². The molecule has 1 aromatic heterocycles. The summed E-state index contributed by atoms with van der Waals surface area (Å²) in [7, 11) is 1.89. The monoisotopic (exact) mass is 413 g/mol. The number of anilines is 1. The van der Waals surface area contributed by atoms with Gasteiger partial charge >= 0.3 is 6.18 Å². The number of fused-ring (bicyclic) bond motifs is 1. The molecule has 0 aliphatic carbocycles. The first-order valence-corrected chi connectivity index (χ1v) is 9.19. The van der Waals surface area contributed by atoms with E-state index >= 15 is 0 Å². The van der Waals surface area contributed by atoms with Crippen molar-refractivity contribution in [1.82, 2.24) is 10.3 Å². The van der Waals surface area contributed by atoms with E-state index in [0.717, 1.165) is 11.3 Å². The fourth-order valence-electron chi connectivity index (χ4n) is 3.35. The average molecular weight is 413 g/mol. The number of hydrogen-bond acceptors (Lipinski definition) is 5. The van der Waals surface area contributed by atoms with Gasteiger partial charge in [-0.2, -0.15) is 13.2 Å². The summed E-state index contributed by atoms with van der Waals surface area (Å²) in [5.41, 5.74) is 3.81. The van der Waals surface area contributed by atoms with Gasteiger partial charge in [-0.15, -0.1) is 0 Å². The number of aliphatic hydroxyl groups excluding tert-OH is 1. The Morgan fingerprint density at radius 1 is 0.967 bits per heavy atom. The second kappa shape index (κ2) is 7.79.